The number of aromatic nitrogens is 2. The molecule has 26 heavy (non-hydrogen) atoms. The van der Waals surface area contributed by atoms with Crippen LogP contribution in [0.1, 0.15) is 6.92 Å². The van der Waals surface area contributed by atoms with Gasteiger partial charge in [0.15, 0.2) is 0 Å². The van der Waals surface area contributed by atoms with E-state index < -0.39 is 4.92 Å². The number of hydrogen-bond acceptors (Lipinski definition) is 7. The summed E-state index contributed by atoms with van der Waals surface area (Å²) in [6.45, 7) is 2.21. The van der Waals surface area contributed by atoms with Gasteiger partial charge in [-0.3, -0.25) is 10.1 Å². The number of nitrogens with zero attached hydrogens (tertiary/aromatic N) is 3. The molecule has 0 amide bonds. The first kappa shape index (κ1) is 17.6. The average Bonchev–Trinajstić information content (AvgIpc) is 2.62. The Labute approximate surface area is 149 Å². The number of nitrogens with one attached hydrogen (secondary N) is 1. The number of rotatable bonds is 7. The summed E-state index contributed by atoms with van der Waals surface area (Å²) in [4.78, 5) is 19.0. The molecule has 0 aliphatic heterocycles. The molecule has 0 aliphatic rings. The molecule has 0 saturated heterocycles. The Bertz CT molecular complexity index is 927. The van der Waals surface area contributed by atoms with Crippen LogP contribution in [0.4, 0.5) is 11.5 Å². The normalized spacial score (nSPS) is 11.9. The van der Waals surface area contributed by atoms with E-state index >= 15 is 0 Å². The third-order valence-electron chi connectivity index (χ3n) is 3.73. The maximum atomic E-state index is 11.6. The first-order valence-electron chi connectivity index (χ1n) is 8.00. The fourth-order valence-electron chi connectivity index (χ4n) is 2.62. The zero-order chi connectivity index (χ0) is 18.5. The molecule has 3 rings (SSSR count). The van der Waals surface area contributed by atoms with Gasteiger partial charge in [-0.25, -0.2) is 4.98 Å². The van der Waals surface area contributed by atoms with Gasteiger partial charge in [-0.1, -0.05) is 36.4 Å². The van der Waals surface area contributed by atoms with Crippen molar-refractivity contribution < 1.29 is 14.4 Å². The van der Waals surface area contributed by atoms with E-state index in [-0.39, 0.29) is 23.4 Å². The van der Waals surface area contributed by atoms with Gasteiger partial charge in [0.1, 0.15) is 12.1 Å². The van der Waals surface area contributed by atoms with E-state index in [1.807, 2.05) is 43.3 Å². The molecule has 0 spiro atoms. The minimum Gasteiger partial charge on any atom is -0.433 e. The van der Waals surface area contributed by atoms with E-state index in [1.54, 1.807) is 13.2 Å². The lowest BCUT2D eigenvalue weighted by molar-refractivity contribution is -0.385. The molecule has 134 valence electrons. The number of nitro groups is 1. The zero-order valence-electron chi connectivity index (χ0n) is 14.4. The van der Waals surface area contributed by atoms with Crippen LogP contribution in [0.25, 0.3) is 10.8 Å². The Morgan fingerprint density at radius 3 is 2.73 bits per heavy atom. The van der Waals surface area contributed by atoms with E-state index in [9.17, 15) is 10.1 Å². The van der Waals surface area contributed by atoms with Crippen LogP contribution in [0.5, 0.6) is 11.6 Å². The highest BCUT2D eigenvalue weighted by Gasteiger charge is 2.26. The highest BCUT2D eigenvalue weighted by Crippen LogP contribution is 2.36. The standard InChI is InChI=1S/C18H18N4O4/c1-12(10-25-2)21-17-16(22(23)24)18(20-11-19-17)26-15-9-5-7-13-6-3-4-8-14(13)15/h3-9,11-12H,10H2,1-2H3,(H,19,20,21). The van der Waals surface area contributed by atoms with E-state index in [4.69, 9.17) is 9.47 Å². The van der Waals surface area contributed by atoms with Crippen LogP contribution >= 0.6 is 0 Å². The molecule has 1 unspecified atom stereocenters. The highest BCUT2D eigenvalue weighted by molar-refractivity contribution is 5.88. The summed E-state index contributed by atoms with van der Waals surface area (Å²) in [5.41, 5.74) is -0.316. The molecule has 0 saturated carbocycles. The molecule has 1 atom stereocenters. The Morgan fingerprint density at radius 2 is 1.96 bits per heavy atom. The SMILES string of the molecule is COCC(C)Nc1ncnc(Oc2cccc3ccccc23)c1[N+](=O)[O-]. The molecule has 3 aromatic rings. The first-order valence-corrected chi connectivity index (χ1v) is 8.00. The minimum absolute atomic E-state index is 0.0878. The van der Waals surface area contributed by atoms with Crippen LogP contribution in [-0.4, -0.2) is 34.6 Å². The summed E-state index contributed by atoms with van der Waals surface area (Å²) >= 11 is 0. The van der Waals surface area contributed by atoms with Gasteiger partial charge < -0.3 is 14.8 Å². The minimum atomic E-state index is -0.553. The summed E-state index contributed by atoms with van der Waals surface area (Å²) in [6, 6.07) is 13.0. The molecular weight excluding hydrogens is 336 g/mol. The average molecular weight is 354 g/mol. The van der Waals surface area contributed by atoms with Crippen molar-refractivity contribution in [3.05, 3.63) is 58.9 Å². The van der Waals surface area contributed by atoms with Gasteiger partial charge in [0.2, 0.25) is 5.82 Å². The Hall–Kier alpha value is -3.26. The van der Waals surface area contributed by atoms with Gasteiger partial charge >= 0.3 is 11.6 Å². The van der Waals surface area contributed by atoms with E-state index in [2.05, 4.69) is 15.3 Å². The molecule has 1 aromatic heterocycles. The first-order chi connectivity index (χ1) is 12.6. The van der Waals surface area contributed by atoms with Crippen LogP contribution in [0.15, 0.2) is 48.8 Å². The molecule has 8 nitrogen and oxygen atoms in total. The summed E-state index contributed by atoms with van der Waals surface area (Å²) in [6.07, 6.45) is 1.23. The number of hydrogen-bond donors (Lipinski definition) is 1. The van der Waals surface area contributed by atoms with Crippen LogP contribution in [0, 0.1) is 10.1 Å². The van der Waals surface area contributed by atoms with Gasteiger partial charge in [0.05, 0.1) is 11.5 Å². The molecule has 8 heteroatoms. The second-order valence-electron chi connectivity index (χ2n) is 5.71. The Kier molecular flexibility index (Phi) is 5.23. The number of fused-ring (bicyclic) bond motifs is 1. The number of anilines is 1. The number of methoxy groups -OCH3 is 1. The Balaban J connectivity index is 2.00. The van der Waals surface area contributed by atoms with E-state index in [1.165, 1.54) is 6.33 Å². The molecule has 0 aliphatic carbocycles. The summed E-state index contributed by atoms with van der Waals surface area (Å²) in [7, 11) is 1.56. The summed E-state index contributed by atoms with van der Waals surface area (Å²) in [5, 5.41) is 16.4. The van der Waals surface area contributed by atoms with Gasteiger partial charge in [-0.2, -0.15) is 4.98 Å². The predicted molar refractivity (Wildman–Crippen MR) is 97.7 cm³/mol. The Morgan fingerprint density at radius 1 is 1.19 bits per heavy atom. The summed E-state index contributed by atoms with van der Waals surface area (Å²) < 4.78 is 10.8. The molecule has 1 heterocycles. The van der Waals surface area contributed by atoms with Crippen molar-refractivity contribution >= 4 is 22.3 Å². The molecule has 0 fully saturated rings. The van der Waals surface area contributed by atoms with Crippen molar-refractivity contribution in [2.45, 2.75) is 13.0 Å². The lowest BCUT2D eigenvalue weighted by atomic mass is 10.1. The van der Waals surface area contributed by atoms with Gasteiger partial charge in [0.25, 0.3) is 0 Å². The van der Waals surface area contributed by atoms with Gasteiger partial charge in [-0.05, 0) is 18.4 Å². The van der Waals surface area contributed by atoms with Crippen LogP contribution in [-0.2, 0) is 4.74 Å². The van der Waals surface area contributed by atoms with Crippen LogP contribution < -0.4 is 10.1 Å². The monoisotopic (exact) mass is 354 g/mol. The van der Waals surface area contributed by atoms with Gasteiger partial charge in [-0.15, -0.1) is 0 Å². The molecule has 0 bridgehead atoms. The molecular formula is C18H18N4O4. The van der Waals surface area contributed by atoms with Crippen molar-refractivity contribution in [3.8, 4) is 11.6 Å². The lowest BCUT2D eigenvalue weighted by Crippen LogP contribution is -2.22. The van der Waals surface area contributed by atoms with Crippen molar-refractivity contribution in [1.82, 2.24) is 9.97 Å². The van der Waals surface area contributed by atoms with E-state index in [0.29, 0.717) is 12.4 Å². The highest BCUT2D eigenvalue weighted by atomic mass is 16.6. The third-order valence-corrected chi connectivity index (χ3v) is 3.73. The topological polar surface area (TPSA) is 99.4 Å². The maximum Gasteiger partial charge on any atom is 0.373 e. The van der Waals surface area contributed by atoms with Crippen molar-refractivity contribution in [1.29, 1.82) is 0 Å². The predicted octanol–water partition coefficient (Wildman–Crippen LogP) is 3.78. The van der Waals surface area contributed by atoms with E-state index in [0.717, 1.165) is 10.8 Å². The van der Waals surface area contributed by atoms with Crippen molar-refractivity contribution in [2.75, 3.05) is 19.0 Å². The fraction of sp³-hybridized carbons (Fsp3) is 0.222. The van der Waals surface area contributed by atoms with Crippen LogP contribution in [0.3, 0.4) is 0 Å². The molecule has 1 N–H and O–H groups in total. The fourth-order valence-corrected chi connectivity index (χ4v) is 2.62. The number of benzene rings is 2. The second-order valence-corrected chi connectivity index (χ2v) is 5.71. The lowest BCUT2D eigenvalue weighted by Gasteiger charge is -2.14. The molecule has 0 radical (unpaired) electrons. The van der Waals surface area contributed by atoms with Crippen molar-refractivity contribution in [2.24, 2.45) is 0 Å². The van der Waals surface area contributed by atoms with Crippen molar-refractivity contribution in [3.63, 3.8) is 0 Å². The second kappa shape index (κ2) is 7.75. The summed E-state index contributed by atoms with van der Waals surface area (Å²) in [5.74, 6) is 0.457. The smallest absolute Gasteiger partial charge is 0.373 e. The zero-order valence-corrected chi connectivity index (χ0v) is 14.4. The quantitative estimate of drug-likeness (QED) is 0.509. The number of ether oxygens (including phenoxy) is 2. The molecule has 2 aromatic carbocycles. The largest absolute Gasteiger partial charge is 0.433 e. The van der Waals surface area contributed by atoms with Crippen LogP contribution in [0.2, 0.25) is 0 Å². The maximum absolute atomic E-state index is 11.6. The van der Waals surface area contributed by atoms with Gasteiger partial charge in [0, 0.05) is 18.5 Å². The third kappa shape index (κ3) is 3.70.